The molecule has 0 aliphatic heterocycles. The van der Waals surface area contributed by atoms with Gasteiger partial charge in [0.1, 0.15) is 17.3 Å². The molecule has 5 rings (SSSR count). The largest absolute Gasteiger partial charge is 0.478 e. The number of rotatable bonds is 17. The number of carbonyl (C=O) groups excluding carboxylic acids is 1. The minimum atomic E-state index is -1.05. The van der Waals surface area contributed by atoms with Crippen LogP contribution < -0.4 is 10.2 Å². The number of thiophene rings is 1. The lowest BCUT2D eigenvalue weighted by molar-refractivity contribution is -0.117. The smallest absolute Gasteiger partial charge is 0.335 e. The minimum absolute atomic E-state index is 0.0197. The summed E-state index contributed by atoms with van der Waals surface area (Å²) in [4.78, 5) is 48.5. The first kappa shape index (κ1) is 43.3. The Labute approximate surface area is 348 Å². The normalized spacial score (nSPS) is 13.1. The fourth-order valence-electron chi connectivity index (χ4n) is 5.53. The number of nitrogens with one attached hydrogen (secondary N) is 1. The standard InChI is InChI=1S/C42H40N10O7S/c1-25(27(3)48-58)44-22-37(23-45-26(2)28(4)49-59)51-24-33(47-50-51)21-46-40(53)32(20-43)19-38-17-18-39(60-38)29-5-11-34(12-6-29)52(35-13-7-30(8-14-35)41(54)55)36-15-9-31(10-16-36)42(56)57/h5-19,24,37,58-59H,21-23H2,1-4H3,(H,46,53)(H,54,55)(H,56,57)/b32-19+,44-25?,45-26?,48-27-,49-28+. The van der Waals surface area contributed by atoms with Gasteiger partial charge in [0.2, 0.25) is 0 Å². The van der Waals surface area contributed by atoms with Crippen molar-refractivity contribution in [2.24, 2.45) is 20.3 Å². The minimum Gasteiger partial charge on any atom is -0.478 e. The van der Waals surface area contributed by atoms with Crippen molar-refractivity contribution in [3.8, 4) is 16.5 Å². The third-order valence-corrected chi connectivity index (χ3v) is 10.3. The Balaban J connectivity index is 1.29. The highest BCUT2D eigenvalue weighted by atomic mass is 32.1. The van der Waals surface area contributed by atoms with Gasteiger partial charge in [0.25, 0.3) is 5.91 Å². The van der Waals surface area contributed by atoms with Crippen molar-refractivity contribution in [1.82, 2.24) is 20.3 Å². The van der Waals surface area contributed by atoms with Gasteiger partial charge in [-0.1, -0.05) is 27.7 Å². The molecular formula is C42H40N10O7S. The Morgan fingerprint density at radius 1 is 0.783 bits per heavy atom. The Bertz CT molecular complexity index is 2450. The first-order valence-electron chi connectivity index (χ1n) is 18.2. The fraction of sp³-hybridized carbons (Fsp3) is 0.190. The van der Waals surface area contributed by atoms with Crippen molar-refractivity contribution in [3.05, 3.63) is 118 Å². The van der Waals surface area contributed by atoms with Crippen LogP contribution in [-0.4, -0.2) is 89.4 Å². The summed E-state index contributed by atoms with van der Waals surface area (Å²) >= 11 is 1.38. The van der Waals surface area contributed by atoms with E-state index in [1.807, 2.05) is 41.3 Å². The average Bonchev–Trinajstić information content (AvgIpc) is 3.95. The van der Waals surface area contributed by atoms with Crippen LogP contribution in [0.2, 0.25) is 0 Å². The lowest BCUT2D eigenvalue weighted by Crippen LogP contribution is -2.24. The highest BCUT2D eigenvalue weighted by molar-refractivity contribution is 7.16. The van der Waals surface area contributed by atoms with Gasteiger partial charge in [-0.15, -0.1) is 16.4 Å². The van der Waals surface area contributed by atoms with Gasteiger partial charge >= 0.3 is 11.9 Å². The zero-order valence-corrected chi connectivity index (χ0v) is 33.7. The average molecular weight is 829 g/mol. The first-order valence-corrected chi connectivity index (χ1v) is 19.0. The van der Waals surface area contributed by atoms with Crippen molar-refractivity contribution in [1.29, 1.82) is 5.26 Å². The number of benzene rings is 3. The van der Waals surface area contributed by atoms with E-state index < -0.39 is 23.9 Å². The summed E-state index contributed by atoms with van der Waals surface area (Å²) in [7, 11) is 0. The monoisotopic (exact) mass is 828 g/mol. The van der Waals surface area contributed by atoms with Crippen LogP contribution in [0.5, 0.6) is 0 Å². The number of oxime groups is 2. The molecule has 1 unspecified atom stereocenters. The van der Waals surface area contributed by atoms with Crippen LogP contribution in [-0.2, 0) is 11.3 Å². The molecule has 0 aliphatic rings. The maximum Gasteiger partial charge on any atom is 0.335 e. The van der Waals surface area contributed by atoms with Gasteiger partial charge in [0.05, 0.1) is 65.8 Å². The maximum absolute atomic E-state index is 13.1. The molecule has 60 heavy (non-hydrogen) atoms. The van der Waals surface area contributed by atoms with Gasteiger partial charge in [-0.3, -0.25) is 14.8 Å². The Morgan fingerprint density at radius 2 is 1.28 bits per heavy atom. The molecule has 0 saturated carbocycles. The first-order chi connectivity index (χ1) is 28.8. The lowest BCUT2D eigenvalue weighted by atomic mass is 10.1. The Kier molecular flexibility index (Phi) is 14.5. The summed E-state index contributed by atoms with van der Waals surface area (Å²) in [5.41, 5.74) is 5.23. The van der Waals surface area contributed by atoms with E-state index in [0.29, 0.717) is 44.8 Å². The van der Waals surface area contributed by atoms with Gasteiger partial charge in [-0.25, -0.2) is 14.3 Å². The zero-order valence-electron chi connectivity index (χ0n) is 32.9. The summed E-state index contributed by atoms with van der Waals surface area (Å²) in [5, 5.41) is 64.3. The summed E-state index contributed by atoms with van der Waals surface area (Å²) in [6.45, 7) is 7.05. The molecule has 5 N–H and O–H groups in total. The summed E-state index contributed by atoms with van der Waals surface area (Å²) in [6.07, 6.45) is 3.14. The number of nitriles is 1. The van der Waals surface area contributed by atoms with E-state index in [1.54, 1.807) is 68.9 Å². The van der Waals surface area contributed by atoms with Crippen molar-refractivity contribution in [3.63, 3.8) is 0 Å². The van der Waals surface area contributed by atoms with Gasteiger partial charge in [0, 0.05) is 26.8 Å². The van der Waals surface area contributed by atoms with Crippen LogP contribution in [0.4, 0.5) is 17.1 Å². The van der Waals surface area contributed by atoms with Gasteiger partial charge in [0.15, 0.2) is 0 Å². The van der Waals surface area contributed by atoms with Gasteiger partial charge in [-0.2, -0.15) is 5.26 Å². The Morgan fingerprint density at radius 3 is 1.75 bits per heavy atom. The quantitative estimate of drug-likeness (QED) is 0.0205. The van der Waals surface area contributed by atoms with Crippen molar-refractivity contribution >= 4 is 75.2 Å². The molecule has 2 aromatic heterocycles. The van der Waals surface area contributed by atoms with Crippen molar-refractivity contribution in [2.75, 3.05) is 18.0 Å². The molecule has 17 nitrogen and oxygen atoms in total. The van der Waals surface area contributed by atoms with Crippen molar-refractivity contribution in [2.45, 2.75) is 40.3 Å². The molecule has 1 atom stereocenters. The molecule has 0 radical (unpaired) electrons. The topological polar surface area (TPSA) is 251 Å². The third-order valence-electron chi connectivity index (χ3n) is 9.22. The van der Waals surface area contributed by atoms with Crippen LogP contribution in [0.25, 0.3) is 16.5 Å². The number of carboxylic acid groups (broad SMARTS) is 2. The van der Waals surface area contributed by atoms with E-state index in [1.165, 1.54) is 41.7 Å². The number of anilines is 3. The second kappa shape index (κ2) is 20.1. The third kappa shape index (κ3) is 11.0. The van der Waals surface area contributed by atoms with E-state index in [-0.39, 0.29) is 36.3 Å². The second-order valence-corrected chi connectivity index (χ2v) is 14.3. The molecule has 1 amide bonds. The Hall–Kier alpha value is -7.78. The molecule has 0 spiro atoms. The fourth-order valence-corrected chi connectivity index (χ4v) is 6.48. The van der Waals surface area contributed by atoms with E-state index in [4.69, 9.17) is 10.4 Å². The molecule has 3 aromatic carbocycles. The van der Waals surface area contributed by atoms with Crippen LogP contribution >= 0.6 is 11.3 Å². The molecule has 0 bridgehead atoms. The van der Waals surface area contributed by atoms with Crippen LogP contribution in [0.1, 0.15) is 65.0 Å². The van der Waals surface area contributed by atoms with Crippen LogP contribution in [0.15, 0.2) is 117 Å². The number of carboxylic acids is 2. The van der Waals surface area contributed by atoms with E-state index >= 15 is 0 Å². The molecule has 18 heteroatoms. The molecule has 2 heterocycles. The number of amides is 1. The lowest BCUT2D eigenvalue weighted by Gasteiger charge is -2.26. The molecule has 5 aromatic rings. The number of nitrogens with zero attached hydrogens (tertiary/aromatic N) is 9. The highest BCUT2D eigenvalue weighted by Gasteiger charge is 2.18. The molecule has 306 valence electrons. The predicted octanol–water partition coefficient (Wildman–Crippen LogP) is 7.26. The number of aromatic nitrogens is 3. The number of aromatic carboxylic acids is 2. The number of hydrogen-bond acceptors (Lipinski definition) is 14. The zero-order chi connectivity index (χ0) is 43.3. The van der Waals surface area contributed by atoms with Crippen molar-refractivity contribution < 1.29 is 35.0 Å². The van der Waals surface area contributed by atoms with Crippen LogP contribution in [0, 0.1) is 11.3 Å². The van der Waals surface area contributed by atoms with Gasteiger partial charge < -0.3 is 30.8 Å². The van der Waals surface area contributed by atoms with E-state index in [2.05, 4.69) is 35.9 Å². The molecule has 0 saturated heterocycles. The number of hydrogen-bond donors (Lipinski definition) is 5. The summed E-state index contributed by atoms with van der Waals surface area (Å²) in [6, 6.07) is 25.5. The number of carbonyl (C=O) groups is 3. The maximum atomic E-state index is 13.1. The number of aliphatic imine (C=N–C) groups is 2. The molecule has 0 fully saturated rings. The molecule has 0 aliphatic carbocycles. The second-order valence-electron chi connectivity index (χ2n) is 13.2. The van der Waals surface area contributed by atoms with Crippen LogP contribution in [0.3, 0.4) is 0 Å². The summed E-state index contributed by atoms with van der Waals surface area (Å²) in [5.74, 6) is -2.71. The SMILES string of the molecule is CC(=NCC(CN=C(C)/C(C)=N/O)n1cc(CNC(=O)/C(C#N)=C/c2ccc(-c3ccc(N(c4ccc(C(=O)O)cc4)c4ccc(C(=O)O)cc4)cc3)s2)nn1)/C(C)=N\O. The highest BCUT2D eigenvalue weighted by Crippen LogP contribution is 2.37. The molecular weight excluding hydrogens is 789 g/mol. The van der Waals surface area contributed by atoms with E-state index in [0.717, 1.165) is 16.1 Å². The summed E-state index contributed by atoms with van der Waals surface area (Å²) < 4.78 is 1.56. The predicted molar refractivity (Wildman–Crippen MR) is 229 cm³/mol. The van der Waals surface area contributed by atoms with Gasteiger partial charge in [-0.05, 0) is 112 Å². The van der Waals surface area contributed by atoms with E-state index in [9.17, 15) is 29.9 Å².